The average Bonchev–Trinajstić information content (AvgIpc) is 4.06. The van der Waals surface area contributed by atoms with E-state index in [-0.39, 0.29) is 47.8 Å². The van der Waals surface area contributed by atoms with E-state index in [2.05, 4.69) is 32.7 Å². The Kier molecular flexibility index (Phi) is 11.0. The Bertz CT molecular complexity index is 2110. The monoisotopic (exact) mass is 822 g/mol. The van der Waals surface area contributed by atoms with Crippen molar-refractivity contribution in [2.24, 2.45) is 11.8 Å². The van der Waals surface area contributed by atoms with Gasteiger partial charge in [-0.25, -0.2) is 19.6 Å². The lowest BCUT2D eigenvalue weighted by molar-refractivity contribution is -0.138. The van der Waals surface area contributed by atoms with Crippen LogP contribution in [-0.2, 0) is 32.3 Å². The molecular formula is C44H54N8O8. The second kappa shape index (κ2) is 16.2. The first-order valence-corrected chi connectivity index (χ1v) is 20.8. The number of alkyl carbamates (subject to hydrolysis) is 2. The Labute approximate surface area is 349 Å². The smallest absolute Gasteiger partial charge is 0.407 e. The number of rotatable bonds is 10. The minimum absolute atomic E-state index is 0.0291. The number of aromatic amines is 2. The average molecular weight is 823 g/mol. The summed E-state index contributed by atoms with van der Waals surface area (Å²) in [5.41, 5.74) is 7.38. The van der Waals surface area contributed by atoms with Gasteiger partial charge in [0.1, 0.15) is 48.4 Å². The molecule has 2 aromatic carbocycles. The lowest BCUT2D eigenvalue weighted by Crippen LogP contribution is -2.52. The van der Waals surface area contributed by atoms with E-state index in [9.17, 15) is 19.2 Å². The number of imidazole rings is 2. The van der Waals surface area contributed by atoms with Crippen LogP contribution in [0.3, 0.4) is 0 Å². The van der Waals surface area contributed by atoms with Gasteiger partial charge in [-0.1, -0.05) is 27.7 Å². The molecule has 4 aromatic rings. The number of benzene rings is 2. The third-order valence-corrected chi connectivity index (χ3v) is 12.5. The molecule has 0 saturated carbocycles. The molecule has 2 fully saturated rings. The van der Waals surface area contributed by atoms with Crippen LogP contribution in [0.25, 0.3) is 33.6 Å². The van der Waals surface area contributed by atoms with Gasteiger partial charge in [0.25, 0.3) is 0 Å². The van der Waals surface area contributed by atoms with Gasteiger partial charge in [-0.15, -0.1) is 0 Å². The summed E-state index contributed by atoms with van der Waals surface area (Å²) in [7, 11) is 2.58. The fourth-order valence-electron chi connectivity index (χ4n) is 9.26. The molecule has 0 aliphatic carbocycles. The van der Waals surface area contributed by atoms with E-state index in [1.807, 2.05) is 63.5 Å². The van der Waals surface area contributed by atoms with Crippen molar-refractivity contribution in [2.45, 2.75) is 117 Å². The van der Waals surface area contributed by atoms with Gasteiger partial charge in [0.2, 0.25) is 11.8 Å². The SMILES string of the molecule is COC(=O)N[C@H](C(=O)N1[C@@H](C)CC[C@H]1c1ncc(-c2cc3c4c(c2)OCc2cc(-c5cnc([C@@H]6CC[C@H](C)N6C(=O)[C@@H](NC(=O)OC)C(C)C)[nH]5)cc(c2-4)OC3)[nH]1)C(C)C. The number of ether oxygens (including phenoxy) is 4. The van der Waals surface area contributed by atoms with E-state index in [4.69, 9.17) is 28.9 Å². The highest BCUT2D eigenvalue weighted by molar-refractivity contribution is 5.89. The molecule has 6 heterocycles. The third kappa shape index (κ3) is 7.29. The maximum atomic E-state index is 13.9. The van der Waals surface area contributed by atoms with E-state index >= 15 is 0 Å². The van der Waals surface area contributed by atoms with Gasteiger partial charge in [-0.05, 0) is 75.6 Å². The number of amides is 4. The molecule has 0 bridgehead atoms. The van der Waals surface area contributed by atoms with Crippen LogP contribution in [0.2, 0.25) is 0 Å². The number of methoxy groups -OCH3 is 2. The topological polar surface area (TPSA) is 193 Å². The van der Waals surface area contributed by atoms with Crippen LogP contribution < -0.4 is 20.1 Å². The van der Waals surface area contributed by atoms with Crippen molar-refractivity contribution < 1.29 is 38.1 Å². The molecule has 2 saturated heterocycles. The van der Waals surface area contributed by atoms with Gasteiger partial charge in [0.05, 0.1) is 50.1 Å². The van der Waals surface area contributed by atoms with E-state index in [1.165, 1.54) is 14.2 Å². The Morgan fingerprint density at radius 2 is 1.07 bits per heavy atom. The third-order valence-electron chi connectivity index (χ3n) is 12.5. The van der Waals surface area contributed by atoms with Crippen molar-refractivity contribution in [2.75, 3.05) is 14.2 Å². The van der Waals surface area contributed by atoms with Gasteiger partial charge in [0, 0.05) is 45.5 Å². The minimum atomic E-state index is -0.729. The van der Waals surface area contributed by atoms with Gasteiger partial charge in [0.15, 0.2) is 0 Å². The number of nitrogens with zero attached hydrogens (tertiary/aromatic N) is 4. The Hall–Kier alpha value is -6.06. The molecule has 16 heteroatoms. The highest BCUT2D eigenvalue weighted by Crippen LogP contribution is 2.51. The number of likely N-dealkylation sites (tertiary alicyclic amines) is 2. The molecule has 0 spiro atoms. The first-order chi connectivity index (χ1) is 28.8. The van der Waals surface area contributed by atoms with Crippen molar-refractivity contribution in [1.29, 1.82) is 0 Å². The molecule has 60 heavy (non-hydrogen) atoms. The summed E-state index contributed by atoms with van der Waals surface area (Å²) in [6.45, 7) is 12.3. The second-order valence-corrected chi connectivity index (χ2v) is 17.0. The van der Waals surface area contributed by atoms with Crippen LogP contribution in [0, 0.1) is 11.8 Å². The number of nitrogens with one attached hydrogen (secondary N) is 4. The molecule has 318 valence electrons. The van der Waals surface area contributed by atoms with Crippen LogP contribution in [0.5, 0.6) is 11.5 Å². The Morgan fingerprint density at radius 1 is 0.667 bits per heavy atom. The lowest BCUT2D eigenvalue weighted by atomic mass is 9.87. The molecule has 8 rings (SSSR count). The number of hydrogen-bond donors (Lipinski definition) is 4. The van der Waals surface area contributed by atoms with E-state index in [1.54, 1.807) is 12.4 Å². The summed E-state index contributed by atoms with van der Waals surface area (Å²) in [6.07, 6.45) is 5.41. The molecule has 0 unspecified atom stereocenters. The molecule has 4 aliphatic heterocycles. The van der Waals surface area contributed by atoms with Crippen LogP contribution >= 0.6 is 0 Å². The normalized spacial score (nSPS) is 21.2. The van der Waals surface area contributed by atoms with Crippen LogP contribution in [0.1, 0.15) is 102 Å². The largest absolute Gasteiger partial charge is 0.488 e. The number of carbonyl (C=O) groups is 4. The number of carbonyl (C=O) groups excluding carboxylic acids is 4. The van der Waals surface area contributed by atoms with Crippen molar-refractivity contribution in [3.63, 3.8) is 0 Å². The van der Waals surface area contributed by atoms with E-state index in [0.717, 1.165) is 82.0 Å². The van der Waals surface area contributed by atoms with Crippen molar-refractivity contribution >= 4 is 24.0 Å². The standard InChI is InChI=1S/C44H54N8O8/c1-21(2)37(49-43(55)57-7)41(53)51-23(5)9-11-31(51)39-45-17-29(47-39)25-13-27-19-60-34-16-26(14-28-20-59-33(15-25)35(27)36(28)34)30-18-46-40(48-30)32-12-10-24(6)52(32)42(54)38(22(3)4)50-44(56)58-8/h13-18,21-24,31-32,37-38H,9-12,19-20H2,1-8H3,(H,45,47)(H,46,48)(H,49,55)(H,50,56)/t23-,24-,31-,32-,37-,38-/m0/s1. The molecule has 16 nitrogen and oxygen atoms in total. The van der Waals surface area contributed by atoms with Gasteiger partial charge in [-0.3, -0.25) is 9.59 Å². The lowest BCUT2D eigenvalue weighted by Gasteiger charge is -2.33. The van der Waals surface area contributed by atoms with E-state index < -0.39 is 24.3 Å². The number of H-pyrrole nitrogens is 2. The fourth-order valence-corrected chi connectivity index (χ4v) is 9.26. The summed E-state index contributed by atoms with van der Waals surface area (Å²) >= 11 is 0. The molecular weight excluding hydrogens is 769 g/mol. The molecule has 4 N–H and O–H groups in total. The zero-order valence-electron chi connectivity index (χ0n) is 35.4. The maximum Gasteiger partial charge on any atom is 0.407 e. The summed E-state index contributed by atoms with van der Waals surface area (Å²) in [5, 5.41) is 5.44. The van der Waals surface area contributed by atoms with E-state index in [0.29, 0.717) is 24.9 Å². The second-order valence-electron chi connectivity index (χ2n) is 17.0. The molecule has 4 aliphatic rings. The predicted molar refractivity (Wildman–Crippen MR) is 221 cm³/mol. The quantitative estimate of drug-likeness (QED) is 0.133. The van der Waals surface area contributed by atoms with Crippen molar-refractivity contribution in [3.05, 3.63) is 59.4 Å². The molecule has 6 atom stereocenters. The van der Waals surface area contributed by atoms with Crippen LogP contribution in [0.15, 0.2) is 36.7 Å². The zero-order chi connectivity index (χ0) is 42.6. The molecule has 0 radical (unpaired) electrons. The summed E-state index contributed by atoms with van der Waals surface area (Å²) < 4.78 is 22.5. The summed E-state index contributed by atoms with van der Waals surface area (Å²) in [4.78, 5) is 72.2. The Balaban J connectivity index is 1.03. The van der Waals surface area contributed by atoms with Crippen molar-refractivity contribution in [1.82, 2.24) is 40.4 Å². The number of aromatic nitrogens is 4. The molecule has 4 amide bonds. The highest BCUT2D eigenvalue weighted by Gasteiger charge is 2.43. The fraction of sp³-hybridized carbons (Fsp3) is 0.500. The minimum Gasteiger partial charge on any atom is -0.488 e. The van der Waals surface area contributed by atoms with Gasteiger partial charge >= 0.3 is 12.2 Å². The van der Waals surface area contributed by atoms with Gasteiger partial charge in [-0.2, -0.15) is 0 Å². The zero-order valence-corrected chi connectivity index (χ0v) is 35.4. The summed E-state index contributed by atoms with van der Waals surface area (Å²) in [6, 6.07) is 6.18. The highest BCUT2D eigenvalue weighted by atomic mass is 16.5. The Morgan fingerprint density at radius 3 is 1.43 bits per heavy atom. The maximum absolute atomic E-state index is 13.9. The predicted octanol–water partition coefficient (Wildman–Crippen LogP) is 6.78. The van der Waals surface area contributed by atoms with Crippen LogP contribution in [-0.4, -0.2) is 92.1 Å². The first kappa shape index (κ1) is 40.7. The summed E-state index contributed by atoms with van der Waals surface area (Å²) in [5.74, 6) is 2.29. The molecule has 2 aromatic heterocycles. The van der Waals surface area contributed by atoms with Gasteiger partial charge < -0.3 is 49.3 Å². The van der Waals surface area contributed by atoms with Crippen LogP contribution in [0.4, 0.5) is 9.59 Å². The van der Waals surface area contributed by atoms with Crippen molar-refractivity contribution in [3.8, 4) is 45.1 Å². The first-order valence-electron chi connectivity index (χ1n) is 20.8. The number of hydrogen-bond acceptors (Lipinski definition) is 10.